The Balaban J connectivity index is 2.45. The van der Waals surface area contributed by atoms with E-state index in [2.05, 4.69) is 21.2 Å². The minimum atomic E-state index is -0.471. The number of phenols is 1. The lowest BCUT2D eigenvalue weighted by molar-refractivity contribution is -0.112. The molecule has 0 aliphatic rings. The molecule has 2 aromatic rings. The third-order valence-electron chi connectivity index (χ3n) is 4.37. The first-order chi connectivity index (χ1) is 13.0. The molecule has 0 radical (unpaired) electrons. The Labute approximate surface area is 175 Å². The highest BCUT2D eigenvalue weighted by atomic mass is 79.9. The maximum absolute atomic E-state index is 12.5. The van der Waals surface area contributed by atoms with Gasteiger partial charge in [0.05, 0.1) is 0 Å². The predicted octanol–water partition coefficient (Wildman–Crippen LogP) is 6.12. The first kappa shape index (κ1) is 21.7. The van der Waals surface area contributed by atoms with Gasteiger partial charge in [-0.25, -0.2) is 0 Å². The monoisotopic (exact) mass is 440 g/mol. The number of rotatable bonds is 4. The van der Waals surface area contributed by atoms with Gasteiger partial charge in [0.2, 0.25) is 0 Å². The minimum absolute atomic E-state index is 0.00294. The highest BCUT2D eigenvalue weighted by Crippen LogP contribution is 2.38. The number of amides is 1. The van der Waals surface area contributed by atoms with E-state index in [1.54, 1.807) is 18.2 Å². The Morgan fingerprint density at radius 2 is 1.82 bits per heavy atom. The number of carbonyl (C=O) groups excluding carboxylic acids is 1. The van der Waals surface area contributed by atoms with Crippen molar-refractivity contribution in [2.75, 3.05) is 5.32 Å². The number of carbonyl (C=O) groups is 1. The summed E-state index contributed by atoms with van der Waals surface area (Å²) < 4.78 is 0.904. The van der Waals surface area contributed by atoms with Crippen LogP contribution in [0.2, 0.25) is 0 Å². The molecule has 146 valence electrons. The summed E-state index contributed by atoms with van der Waals surface area (Å²) in [5.41, 5.74) is 2.64. The highest BCUT2D eigenvalue weighted by Gasteiger charge is 2.22. The van der Waals surface area contributed by atoms with Crippen LogP contribution in [-0.2, 0) is 10.2 Å². The molecule has 4 nitrogen and oxygen atoms in total. The molecule has 0 fully saturated rings. The molecule has 0 aliphatic heterocycles. The zero-order valence-electron chi connectivity index (χ0n) is 16.8. The van der Waals surface area contributed by atoms with Gasteiger partial charge in [0, 0.05) is 15.7 Å². The van der Waals surface area contributed by atoms with E-state index < -0.39 is 5.91 Å². The summed E-state index contributed by atoms with van der Waals surface area (Å²) in [6, 6.07) is 12.8. The summed E-state index contributed by atoms with van der Waals surface area (Å²) >= 11 is 3.35. The van der Waals surface area contributed by atoms with Crippen molar-refractivity contribution < 1.29 is 9.90 Å². The van der Waals surface area contributed by atoms with E-state index in [1.165, 1.54) is 0 Å². The van der Waals surface area contributed by atoms with Crippen LogP contribution in [0.3, 0.4) is 0 Å². The molecule has 0 unspecified atom stereocenters. The summed E-state index contributed by atoms with van der Waals surface area (Å²) in [6.07, 6.45) is 1.56. The van der Waals surface area contributed by atoms with E-state index in [0.717, 1.165) is 15.6 Å². The Kier molecular flexibility index (Phi) is 6.69. The van der Waals surface area contributed by atoms with Gasteiger partial charge >= 0.3 is 0 Å². The van der Waals surface area contributed by atoms with Crippen LogP contribution in [-0.4, -0.2) is 11.0 Å². The van der Waals surface area contributed by atoms with Crippen LogP contribution < -0.4 is 5.32 Å². The standard InChI is InChI=1S/C23H25BrN2O2/c1-14(2)19-11-15(12-20(21(19)27)23(3,4)5)10-16(13-25)22(28)26-18-8-6-17(24)7-9-18/h6-12,14,27H,1-5H3,(H,26,28)/b16-10-. The number of anilines is 1. The highest BCUT2D eigenvalue weighted by molar-refractivity contribution is 9.10. The SMILES string of the molecule is CC(C)c1cc(/C=C(/C#N)C(=O)Nc2ccc(Br)cc2)cc(C(C)(C)C)c1O. The number of phenolic OH excluding ortho intramolecular Hbond substituents is 1. The molecule has 0 saturated carbocycles. The van der Waals surface area contributed by atoms with Gasteiger partial charge in [0.15, 0.2) is 0 Å². The number of halogens is 1. The van der Waals surface area contributed by atoms with E-state index >= 15 is 0 Å². The molecule has 1 amide bonds. The van der Waals surface area contributed by atoms with Crippen LogP contribution in [0.4, 0.5) is 5.69 Å². The van der Waals surface area contributed by atoms with Gasteiger partial charge in [0.1, 0.15) is 17.4 Å². The average Bonchev–Trinajstić information content (AvgIpc) is 2.61. The van der Waals surface area contributed by atoms with Crippen LogP contribution in [0.5, 0.6) is 5.75 Å². The number of aromatic hydroxyl groups is 1. The molecule has 2 aromatic carbocycles. The van der Waals surface area contributed by atoms with Crippen molar-refractivity contribution in [3.63, 3.8) is 0 Å². The first-order valence-electron chi connectivity index (χ1n) is 9.09. The molecule has 0 saturated heterocycles. The molecule has 0 heterocycles. The van der Waals surface area contributed by atoms with Crippen molar-refractivity contribution in [3.05, 3.63) is 63.1 Å². The molecule has 0 aliphatic carbocycles. The molecule has 2 N–H and O–H groups in total. The number of hydrogen-bond acceptors (Lipinski definition) is 3. The molecule has 28 heavy (non-hydrogen) atoms. The minimum Gasteiger partial charge on any atom is -0.507 e. The lowest BCUT2D eigenvalue weighted by Crippen LogP contribution is -2.14. The van der Waals surface area contributed by atoms with Gasteiger partial charge in [-0.2, -0.15) is 5.26 Å². The number of benzene rings is 2. The Bertz CT molecular complexity index is 946. The van der Waals surface area contributed by atoms with Gasteiger partial charge in [0.25, 0.3) is 5.91 Å². The number of nitriles is 1. The summed E-state index contributed by atoms with van der Waals surface area (Å²) in [5.74, 6) is -0.0876. The second-order valence-electron chi connectivity index (χ2n) is 8.04. The molecule has 0 aromatic heterocycles. The number of hydrogen-bond donors (Lipinski definition) is 2. The Morgan fingerprint density at radius 3 is 2.32 bits per heavy atom. The van der Waals surface area contributed by atoms with Crippen LogP contribution in [0.15, 0.2) is 46.4 Å². The predicted molar refractivity (Wildman–Crippen MR) is 117 cm³/mol. The normalized spacial score (nSPS) is 12.0. The van der Waals surface area contributed by atoms with Crippen LogP contribution in [0, 0.1) is 11.3 Å². The average molecular weight is 441 g/mol. The maximum Gasteiger partial charge on any atom is 0.266 e. The van der Waals surface area contributed by atoms with Crippen LogP contribution in [0.25, 0.3) is 6.08 Å². The quantitative estimate of drug-likeness (QED) is 0.443. The molecule has 2 rings (SSSR count). The van der Waals surface area contributed by atoms with Gasteiger partial charge in [-0.15, -0.1) is 0 Å². The fourth-order valence-corrected chi connectivity index (χ4v) is 3.09. The fourth-order valence-electron chi connectivity index (χ4n) is 2.82. The fraction of sp³-hybridized carbons (Fsp3) is 0.304. The molecule has 5 heteroatoms. The van der Waals surface area contributed by atoms with E-state index in [-0.39, 0.29) is 22.7 Å². The van der Waals surface area contributed by atoms with Gasteiger partial charge in [-0.05, 0) is 64.9 Å². The smallest absolute Gasteiger partial charge is 0.266 e. The summed E-state index contributed by atoms with van der Waals surface area (Å²) in [4.78, 5) is 12.5. The lowest BCUT2D eigenvalue weighted by Gasteiger charge is -2.24. The summed E-state index contributed by atoms with van der Waals surface area (Å²) in [7, 11) is 0. The van der Waals surface area contributed by atoms with Crippen molar-refractivity contribution in [2.45, 2.75) is 46.0 Å². The summed E-state index contributed by atoms with van der Waals surface area (Å²) in [5, 5.41) is 22.9. The van der Waals surface area contributed by atoms with Crippen molar-refractivity contribution >= 4 is 33.6 Å². The van der Waals surface area contributed by atoms with Crippen LogP contribution >= 0.6 is 15.9 Å². The maximum atomic E-state index is 12.5. The third kappa shape index (κ3) is 5.24. The van der Waals surface area contributed by atoms with E-state index in [4.69, 9.17) is 0 Å². The van der Waals surface area contributed by atoms with Crippen LogP contribution in [0.1, 0.15) is 57.2 Å². The van der Waals surface area contributed by atoms with Gasteiger partial charge in [-0.3, -0.25) is 4.79 Å². The lowest BCUT2D eigenvalue weighted by atomic mass is 9.82. The molecular weight excluding hydrogens is 416 g/mol. The second-order valence-corrected chi connectivity index (χ2v) is 8.96. The van der Waals surface area contributed by atoms with Crippen molar-refractivity contribution in [3.8, 4) is 11.8 Å². The zero-order chi connectivity index (χ0) is 21.1. The molecule has 0 bridgehead atoms. The van der Waals surface area contributed by atoms with Crippen molar-refractivity contribution in [2.24, 2.45) is 0 Å². The van der Waals surface area contributed by atoms with E-state index in [0.29, 0.717) is 11.3 Å². The largest absolute Gasteiger partial charge is 0.507 e. The van der Waals surface area contributed by atoms with Crippen molar-refractivity contribution in [1.82, 2.24) is 0 Å². The second kappa shape index (κ2) is 8.62. The first-order valence-corrected chi connectivity index (χ1v) is 9.88. The van der Waals surface area contributed by atoms with E-state index in [9.17, 15) is 15.2 Å². The van der Waals surface area contributed by atoms with E-state index in [1.807, 2.05) is 65.0 Å². The number of nitrogens with zero attached hydrogens (tertiary/aromatic N) is 1. The Hall–Kier alpha value is -2.58. The molecular formula is C23H25BrN2O2. The zero-order valence-corrected chi connectivity index (χ0v) is 18.4. The Morgan fingerprint density at radius 1 is 1.21 bits per heavy atom. The van der Waals surface area contributed by atoms with Crippen molar-refractivity contribution in [1.29, 1.82) is 5.26 Å². The summed E-state index contributed by atoms with van der Waals surface area (Å²) in [6.45, 7) is 10.1. The molecule has 0 atom stereocenters. The third-order valence-corrected chi connectivity index (χ3v) is 4.90. The van der Waals surface area contributed by atoms with Gasteiger partial charge in [-0.1, -0.05) is 50.5 Å². The number of nitrogens with one attached hydrogen (secondary N) is 1. The molecule has 0 spiro atoms. The van der Waals surface area contributed by atoms with Gasteiger partial charge < -0.3 is 10.4 Å². The topological polar surface area (TPSA) is 73.1 Å².